The molecule has 0 spiro atoms. The van der Waals surface area contributed by atoms with Crippen LogP contribution in [0.1, 0.15) is 42.5 Å². The molecule has 0 aliphatic heterocycles. The number of rotatable bonds is 4. The van der Waals surface area contributed by atoms with Gasteiger partial charge in [0.1, 0.15) is 0 Å². The van der Waals surface area contributed by atoms with E-state index >= 15 is 0 Å². The van der Waals surface area contributed by atoms with Crippen LogP contribution in [-0.2, 0) is 17.6 Å². The normalized spacial score (nSPS) is 18.3. The standard InChI is InChI=1S/C16H17FN4O2/c1-2-10(16(22)23)15-11-7-6-9(19-20-18)8-13(11)21-12(15)4-3-5-14(21)17/h3-5,9-10H,2,6-8H2,1H3,(H,22,23)/t9-,10?/m1/s1. The van der Waals surface area contributed by atoms with Crippen molar-refractivity contribution in [2.24, 2.45) is 5.11 Å². The van der Waals surface area contributed by atoms with Crippen molar-refractivity contribution in [3.05, 3.63) is 51.4 Å². The zero-order valence-electron chi connectivity index (χ0n) is 12.7. The van der Waals surface area contributed by atoms with E-state index in [9.17, 15) is 14.3 Å². The number of carbonyl (C=O) groups is 1. The highest BCUT2D eigenvalue weighted by Crippen LogP contribution is 2.37. The third-order valence-corrected chi connectivity index (χ3v) is 4.59. The molecule has 0 saturated heterocycles. The van der Waals surface area contributed by atoms with Crippen molar-refractivity contribution < 1.29 is 14.3 Å². The van der Waals surface area contributed by atoms with Gasteiger partial charge in [-0.05, 0) is 54.5 Å². The van der Waals surface area contributed by atoms with Gasteiger partial charge in [-0.3, -0.25) is 9.20 Å². The summed E-state index contributed by atoms with van der Waals surface area (Å²) in [5.74, 6) is -1.98. The van der Waals surface area contributed by atoms with Crippen molar-refractivity contribution >= 4 is 11.5 Å². The van der Waals surface area contributed by atoms with E-state index in [0.717, 1.165) is 11.3 Å². The number of fused-ring (bicyclic) bond motifs is 3. The van der Waals surface area contributed by atoms with Gasteiger partial charge in [0.15, 0.2) is 5.95 Å². The van der Waals surface area contributed by atoms with Crippen LogP contribution in [-0.4, -0.2) is 21.5 Å². The van der Waals surface area contributed by atoms with Crippen LogP contribution >= 0.6 is 0 Å². The summed E-state index contributed by atoms with van der Waals surface area (Å²) in [4.78, 5) is 14.5. The van der Waals surface area contributed by atoms with Crippen molar-refractivity contribution in [3.8, 4) is 0 Å². The Morgan fingerprint density at radius 1 is 1.61 bits per heavy atom. The van der Waals surface area contributed by atoms with Crippen LogP contribution in [0.25, 0.3) is 16.0 Å². The number of hydrogen-bond donors (Lipinski definition) is 1. The largest absolute Gasteiger partial charge is 0.481 e. The number of hydrogen-bond acceptors (Lipinski definition) is 2. The maximum Gasteiger partial charge on any atom is 0.311 e. The molecule has 0 radical (unpaired) electrons. The van der Waals surface area contributed by atoms with Gasteiger partial charge in [0.2, 0.25) is 0 Å². The number of pyridine rings is 1. The molecular weight excluding hydrogens is 299 g/mol. The van der Waals surface area contributed by atoms with Crippen LogP contribution in [0.3, 0.4) is 0 Å². The summed E-state index contributed by atoms with van der Waals surface area (Å²) in [6.07, 6.45) is 2.12. The van der Waals surface area contributed by atoms with Crippen LogP contribution in [0.15, 0.2) is 23.3 Å². The second-order valence-corrected chi connectivity index (χ2v) is 5.81. The number of nitrogens with zero attached hydrogens (tertiary/aromatic N) is 4. The molecule has 2 aromatic heterocycles. The topological polar surface area (TPSA) is 90.5 Å². The average Bonchev–Trinajstić information content (AvgIpc) is 2.84. The first kappa shape index (κ1) is 15.4. The number of aromatic nitrogens is 1. The third-order valence-electron chi connectivity index (χ3n) is 4.59. The summed E-state index contributed by atoms with van der Waals surface area (Å²) < 4.78 is 15.9. The minimum Gasteiger partial charge on any atom is -0.481 e. The molecule has 0 fully saturated rings. The highest BCUT2D eigenvalue weighted by molar-refractivity contribution is 5.82. The van der Waals surface area contributed by atoms with Crippen LogP contribution in [0.2, 0.25) is 0 Å². The van der Waals surface area contributed by atoms with Gasteiger partial charge in [0.05, 0.1) is 11.4 Å². The summed E-state index contributed by atoms with van der Waals surface area (Å²) in [6.45, 7) is 1.82. The third kappa shape index (κ3) is 2.43. The lowest BCUT2D eigenvalue weighted by Crippen LogP contribution is -2.19. The predicted molar refractivity (Wildman–Crippen MR) is 83.0 cm³/mol. The Balaban J connectivity index is 2.28. The summed E-state index contributed by atoms with van der Waals surface area (Å²) >= 11 is 0. The number of carboxylic acid groups (broad SMARTS) is 1. The minimum absolute atomic E-state index is 0.219. The maximum absolute atomic E-state index is 14.4. The lowest BCUT2D eigenvalue weighted by Gasteiger charge is -2.20. The van der Waals surface area contributed by atoms with E-state index in [2.05, 4.69) is 10.0 Å². The van der Waals surface area contributed by atoms with Crippen molar-refractivity contribution in [1.82, 2.24) is 4.40 Å². The van der Waals surface area contributed by atoms with E-state index in [4.69, 9.17) is 5.53 Å². The van der Waals surface area contributed by atoms with Crippen LogP contribution in [0, 0.1) is 5.95 Å². The number of carboxylic acids is 1. The number of azide groups is 1. The minimum atomic E-state index is -0.899. The molecule has 6 nitrogen and oxygen atoms in total. The molecule has 1 aliphatic rings. The van der Waals surface area contributed by atoms with Gasteiger partial charge in [0.25, 0.3) is 0 Å². The molecule has 2 aromatic rings. The summed E-state index contributed by atoms with van der Waals surface area (Å²) in [5, 5.41) is 13.3. The molecule has 1 unspecified atom stereocenters. The van der Waals surface area contributed by atoms with E-state index in [1.54, 1.807) is 12.1 Å². The molecule has 2 atom stereocenters. The molecule has 2 heterocycles. The van der Waals surface area contributed by atoms with Crippen molar-refractivity contribution in [2.75, 3.05) is 0 Å². The Morgan fingerprint density at radius 2 is 2.39 bits per heavy atom. The van der Waals surface area contributed by atoms with Gasteiger partial charge in [-0.25, -0.2) is 0 Å². The van der Waals surface area contributed by atoms with Gasteiger partial charge in [-0.1, -0.05) is 18.1 Å². The van der Waals surface area contributed by atoms with Gasteiger partial charge in [-0.2, -0.15) is 4.39 Å². The fourth-order valence-corrected chi connectivity index (χ4v) is 3.60. The van der Waals surface area contributed by atoms with Crippen molar-refractivity contribution in [1.29, 1.82) is 0 Å². The van der Waals surface area contributed by atoms with Crippen LogP contribution in [0.4, 0.5) is 4.39 Å². The van der Waals surface area contributed by atoms with E-state index in [-0.39, 0.29) is 6.04 Å². The highest BCUT2D eigenvalue weighted by Gasteiger charge is 2.32. The zero-order chi connectivity index (χ0) is 16.6. The second kappa shape index (κ2) is 5.93. The first-order valence-corrected chi connectivity index (χ1v) is 7.66. The maximum atomic E-state index is 14.4. The molecule has 3 rings (SSSR count). The van der Waals surface area contributed by atoms with Crippen LogP contribution in [0.5, 0.6) is 0 Å². The molecular formula is C16H17FN4O2. The fourth-order valence-electron chi connectivity index (χ4n) is 3.60. The number of aliphatic carboxylic acids is 1. The molecule has 0 amide bonds. The van der Waals surface area contributed by atoms with E-state index in [1.807, 2.05) is 6.92 Å². The number of halogens is 1. The monoisotopic (exact) mass is 316 g/mol. The molecule has 0 aromatic carbocycles. The quantitative estimate of drug-likeness (QED) is 0.402. The van der Waals surface area contributed by atoms with Gasteiger partial charge in [-0.15, -0.1) is 0 Å². The zero-order valence-corrected chi connectivity index (χ0v) is 12.7. The van der Waals surface area contributed by atoms with E-state index in [0.29, 0.717) is 36.8 Å². The molecule has 120 valence electrons. The van der Waals surface area contributed by atoms with Crippen molar-refractivity contribution in [2.45, 2.75) is 44.6 Å². The summed E-state index contributed by atoms with van der Waals surface area (Å²) in [5.41, 5.74) is 11.6. The average molecular weight is 316 g/mol. The molecule has 0 saturated carbocycles. The Morgan fingerprint density at radius 3 is 3.04 bits per heavy atom. The fraction of sp³-hybridized carbons (Fsp3) is 0.438. The molecule has 23 heavy (non-hydrogen) atoms. The Kier molecular flexibility index (Phi) is 3.96. The first-order valence-electron chi connectivity index (χ1n) is 7.66. The lowest BCUT2D eigenvalue weighted by molar-refractivity contribution is -0.138. The summed E-state index contributed by atoms with van der Waals surface area (Å²) in [7, 11) is 0. The van der Waals surface area contributed by atoms with Gasteiger partial charge in [0, 0.05) is 16.6 Å². The first-order chi connectivity index (χ1) is 11.1. The van der Waals surface area contributed by atoms with E-state index < -0.39 is 17.8 Å². The molecule has 1 N–H and O–H groups in total. The lowest BCUT2D eigenvalue weighted by atomic mass is 9.86. The highest BCUT2D eigenvalue weighted by atomic mass is 19.1. The smallest absolute Gasteiger partial charge is 0.311 e. The summed E-state index contributed by atoms with van der Waals surface area (Å²) in [6, 6.07) is 4.49. The Bertz CT molecular complexity index is 823. The van der Waals surface area contributed by atoms with E-state index in [1.165, 1.54) is 10.5 Å². The molecule has 7 heteroatoms. The Labute approximate surface area is 132 Å². The Hall–Kier alpha value is -2.53. The van der Waals surface area contributed by atoms with Gasteiger partial charge >= 0.3 is 5.97 Å². The second-order valence-electron chi connectivity index (χ2n) is 5.81. The van der Waals surface area contributed by atoms with Gasteiger partial charge < -0.3 is 5.11 Å². The molecule has 0 bridgehead atoms. The predicted octanol–water partition coefficient (Wildman–Crippen LogP) is 3.82. The SMILES string of the molecule is CCC(C(=O)O)c1c2c(n3c(F)cccc13)C[C@H](N=[N+]=[N-])CC2. The van der Waals surface area contributed by atoms with Crippen LogP contribution < -0.4 is 0 Å². The van der Waals surface area contributed by atoms with Crippen molar-refractivity contribution in [3.63, 3.8) is 0 Å². The molecule has 1 aliphatic carbocycles.